The molecule has 16 heavy (non-hydrogen) atoms. The Balaban J connectivity index is 0.00000106. The minimum absolute atomic E-state index is 0.466. The summed E-state index contributed by atoms with van der Waals surface area (Å²) in [7, 11) is 0. The Bertz CT molecular complexity index is 329. The van der Waals surface area contributed by atoms with E-state index in [1.54, 1.807) is 5.51 Å². The van der Waals surface area contributed by atoms with E-state index in [4.69, 9.17) is 4.74 Å². The van der Waals surface area contributed by atoms with Crippen molar-refractivity contribution in [2.75, 3.05) is 5.32 Å². The van der Waals surface area contributed by atoms with E-state index >= 15 is 0 Å². The highest BCUT2D eigenvalue weighted by Gasteiger charge is 2.17. The zero-order valence-electron chi connectivity index (χ0n) is 10.7. The first-order valence-electron chi connectivity index (χ1n) is 5.28. The molecule has 5 heteroatoms. The number of thiazole rings is 1. The predicted molar refractivity (Wildman–Crippen MR) is 68.1 cm³/mol. The zero-order chi connectivity index (χ0) is 12.8. The molecule has 1 N–H and O–H groups in total. The average Bonchev–Trinajstić information content (AvgIpc) is 2.52. The van der Waals surface area contributed by atoms with Gasteiger partial charge in [0.05, 0.1) is 5.51 Å². The third-order valence-electron chi connectivity index (χ3n) is 1.36. The van der Waals surface area contributed by atoms with Crippen LogP contribution in [0.5, 0.6) is 0 Å². The lowest BCUT2D eigenvalue weighted by Gasteiger charge is -2.19. The van der Waals surface area contributed by atoms with E-state index in [2.05, 4.69) is 10.3 Å². The molecular formula is C11H20N2O2S. The molecule has 4 nitrogen and oxygen atoms in total. The summed E-state index contributed by atoms with van der Waals surface area (Å²) in [5.74, 6) is 0.573. The summed E-state index contributed by atoms with van der Waals surface area (Å²) in [5.41, 5.74) is 1.20. The molecule has 0 saturated heterocycles. The van der Waals surface area contributed by atoms with Gasteiger partial charge in [0.2, 0.25) is 0 Å². The lowest BCUT2D eigenvalue weighted by molar-refractivity contribution is 0.0635. The Morgan fingerprint density at radius 3 is 2.38 bits per heavy atom. The van der Waals surface area contributed by atoms with Crippen molar-refractivity contribution >= 4 is 23.2 Å². The fourth-order valence-corrected chi connectivity index (χ4v) is 1.36. The van der Waals surface area contributed by atoms with Crippen molar-refractivity contribution < 1.29 is 9.53 Å². The Morgan fingerprint density at radius 1 is 1.44 bits per heavy atom. The number of rotatable bonds is 1. The lowest BCUT2D eigenvalue weighted by atomic mass is 10.2. The van der Waals surface area contributed by atoms with Crippen LogP contribution in [-0.2, 0) is 4.74 Å². The third-order valence-corrected chi connectivity index (χ3v) is 2.12. The molecule has 1 rings (SSSR count). The quantitative estimate of drug-likeness (QED) is 0.817. The van der Waals surface area contributed by atoms with Crippen LogP contribution in [0.3, 0.4) is 0 Å². The van der Waals surface area contributed by atoms with E-state index in [-0.39, 0.29) is 0 Å². The van der Waals surface area contributed by atoms with E-state index in [9.17, 15) is 4.79 Å². The van der Waals surface area contributed by atoms with E-state index in [0.717, 1.165) is 4.88 Å². The van der Waals surface area contributed by atoms with Gasteiger partial charge in [-0.25, -0.2) is 9.78 Å². The number of aryl methyl sites for hydroxylation is 1. The largest absolute Gasteiger partial charge is 0.444 e. The minimum atomic E-state index is -0.478. The van der Waals surface area contributed by atoms with E-state index in [0.29, 0.717) is 5.82 Å². The third kappa shape index (κ3) is 5.70. The van der Waals surface area contributed by atoms with Crippen molar-refractivity contribution in [3.63, 3.8) is 0 Å². The lowest BCUT2D eigenvalue weighted by Crippen LogP contribution is -2.27. The van der Waals surface area contributed by atoms with Crippen LogP contribution in [0.2, 0.25) is 0 Å². The molecular weight excluding hydrogens is 224 g/mol. The van der Waals surface area contributed by atoms with Gasteiger partial charge in [0.15, 0.2) is 0 Å². The van der Waals surface area contributed by atoms with Gasteiger partial charge in [-0.1, -0.05) is 13.8 Å². The van der Waals surface area contributed by atoms with Crippen molar-refractivity contribution in [3.05, 3.63) is 10.4 Å². The van der Waals surface area contributed by atoms with Gasteiger partial charge in [-0.15, -0.1) is 11.3 Å². The topological polar surface area (TPSA) is 51.2 Å². The maximum absolute atomic E-state index is 11.3. The Morgan fingerprint density at radius 2 is 2.00 bits per heavy atom. The Labute approximate surface area is 101 Å². The number of aromatic nitrogens is 1. The van der Waals surface area contributed by atoms with Gasteiger partial charge in [0.25, 0.3) is 0 Å². The van der Waals surface area contributed by atoms with Crippen LogP contribution < -0.4 is 5.32 Å². The molecule has 1 amide bonds. The summed E-state index contributed by atoms with van der Waals surface area (Å²) in [6.45, 7) is 11.4. The molecule has 0 atom stereocenters. The van der Waals surface area contributed by atoms with Gasteiger partial charge in [-0.3, -0.25) is 5.32 Å². The fraction of sp³-hybridized carbons (Fsp3) is 0.636. The Kier molecular flexibility index (Phi) is 6.03. The predicted octanol–water partition coefficient (Wildman–Crippen LogP) is 3.82. The molecule has 0 saturated carbocycles. The summed E-state index contributed by atoms with van der Waals surface area (Å²) in [4.78, 5) is 16.3. The van der Waals surface area contributed by atoms with Crippen molar-refractivity contribution in [1.82, 2.24) is 4.98 Å². The minimum Gasteiger partial charge on any atom is -0.444 e. The van der Waals surface area contributed by atoms with Gasteiger partial charge in [0.1, 0.15) is 11.4 Å². The fourth-order valence-electron chi connectivity index (χ4n) is 0.825. The molecule has 0 bridgehead atoms. The summed E-state index contributed by atoms with van der Waals surface area (Å²) >= 11 is 1.48. The van der Waals surface area contributed by atoms with E-state index in [1.165, 1.54) is 11.3 Å². The van der Waals surface area contributed by atoms with Gasteiger partial charge in [0, 0.05) is 4.88 Å². The highest BCUT2D eigenvalue weighted by Crippen LogP contribution is 2.17. The average molecular weight is 244 g/mol. The smallest absolute Gasteiger partial charge is 0.413 e. The van der Waals surface area contributed by atoms with Crippen LogP contribution >= 0.6 is 11.3 Å². The van der Waals surface area contributed by atoms with Crippen LogP contribution in [0.15, 0.2) is 5.51 Å². The van der Waals surface area contributed by atoms with Crippen molar-refractivity contribution in [2.24, 2.45) is 0 Å². The molecule has 1 heterocycles. The number of anilines is 1. The summed E-state index contributed by atoms with van der Waals surface area (Å²) in [5, 5.41) is 2.58. The number of hydrogen-bond donors (Lipinski definition) is 1. The number of carbonyl (C=O) groups is 1. The second kappa shape index (κ2) is 6.48. The Hall–Kier alpha value is -1.10. The van der Waals surface area contributed by atoms with Gasteiger partial charge in [-0.05, 0) is 27.7 Å². The monoisotopic (exact) mass is 244 g/mol. The number of carbonyl (C=O) groups excluding carboxylic acids is 1. The molecule has 0 aromatic carbocycles. The first kappa shape index (κ1) is 14.9. The molecule has 0 aliphatic rings. The number of amides is 1. The van der Waals surface area contributed by atoms with E-state index < -0.39 is 11.7 Å². The van der Waals surface area contributed by atoms with Crippen LogP contribution in [-0.4, -0.2) is 16.7 Å². The number of nitrogens with one attached hydrogen (secondary N) is 1. The van der Waals surface area contributed by atoms with Gasteiger partial charge in [-0.2, -0.15) is 0 Å². The SMILES string of the molecule is CC.Cc1scnc1NC(=O)OC(C)(C)C. The maximum atomic E-state index is 11.3. The first-order valence-corrected chi connectivity index (χ1v) is 6.16. The highest BCUT2D eigenvalue weighted by atomic mass is 32.1. The van der Waals surface area contributed by atoms with E-state index in [1.807, 2.05) is 41.5 Å². The molecule has 0 fully saturated rings. The second-order valence-corrected chi connectivity index (χ2v) is 4.94. The molecule has 0 radical (unpaired) electrons. The number of ether oxygens (including phenoxy) is 1. The first-order chi connectivity index (χ1) is 7.38. The molecule has 0 spiro atoms. The highest BCUT2D eigenvalue weighted by molar-refractivity contribution is 7.10. The maximum Gasteiger partial charge on any atom is 0.413 e. The summed E-state index contributed by atoms with van der Waals surface area (Å²) < 4.78 is 5.08. The van der Waals surface area contributed by atoms with Crippen LogP contribution in [0.25, 0.3) is 0 Å². The van der Waals surface area contributed by atoms with Crippen LogP contribution in [0.4, 0.5) is 10.6 Å². The normalized spacial score (nSPS) is 10.1. The van der Waals surface area contributed by atoms with Crippen LogP contribution in [0, 0.1) is 6.92 Å². The van der Waals surface area contributed by atoms with Crippen molar-refractivity contribution in [1.29, 1.82) is 0 Å². The molecule has 1 aromatic heterocycles. The molecule has 92 valence electrons. The number of hydrogen-bond acceptors (Lipinski definition) is 4. The summed E-state index contributed by atoms with van der Waals surface area (Å²) in [6, 6.07) is 0. The van der Waals surface area contributed by atoms with Crippen molar-refractivity contribution in [2.45, 2.75) is 47.1 Å². The second-order valence-electron chi connectivity index (χ2n) is 3.88. The van der Waals surface area contributed by atoms with Crippen LogP contribution in [0.1, 0.15) is 39.5 Å². The molecule has 0 aliphatic carbocycles. The number of nitrogens with zero attached hydrogens (tertiary/aromatic N) is 1. The molecule has 0 unspecified atom stereocenters. The molecule has 0 aliphatic heterocycles. The zero-order valence-corrected chi connectivity index (χ0v) is 11.6. The van der Waals surface area contributed by atoms with Gasteiger partial charge >= 0.3 is 6.09 Å². The standard InChI is InChI=1S/C9H14N2O2S.C2H6/c1-6-7(10-5-14-6)11-8(12)13-9(2,3)4;1-2/h5H,1-4H3,(H,11,12);1-2H3. The van der Waals surface area contributed by atoms with Crippen molar-refractivity contribution in [3.8, 4) is 0 Å². The summed E-state index contributed by atoms with van der Waals surface area (Å²) in [6.07, 6.45) is -0.466. The van der Waals surface area contributed by atoms with Gasteiger partial charge < -0.3 is 4.74 Å². The molecule has 1 aromatic rings.